The van der Waals surface area contributed by atoms with Gasteiger partial charge in [-0.3, -0.25) is 9.58 Å². The summed E-state index contributed by atoms with van der Waals surface area (Å²) < 4.78 is 20.0. The topological polar surface area (TPSA) is 141 Å². The van der Waals surface area contributed by atoms with E-state index in [0.29, 0.717) is 33.7 Å². The fraction of sp³-hybridized carbons (Fsp3) is 0.516. The van der Waals surface area contributed by atoms with Crippen molar-refractivity contribution < 1.29 is 14.0 Å². The van der Waals surface area contributed by atoms with Crippen molar-refractivity contribution in [3.05, 3.63) is 45.6 Å². The zero-order valence-corrected chi connectivity index (χ0v) is 25.8. The summed E-state index contributed by atoms with van der Waals surface area (Å²) in [5.74, 6) is 1.43. The van der Waals surface area contributed by atoms with Gasteiger partial charge in [-0.05, 0) is 70.5 Å². The first-order valence-corrected chi connectivity index (χ1v) is 15.7. The minimum atomic E-state index is -0.389. The Balaban J connectivity index is 1.31. The highest BCUT2D eigenvalue weighted by molar-refractivity contribution is 7.16. The first kappa shape index (κ1) is 28.0. The van der Waals surface area contributed by atoms with Gasteiger partial charge in [-0.2, -0.15) is 15.3 Å². The van der Waals surface area contributed by atoms with E-state index in [2.05, 4.69) is 30.0 Å². The third kappa shape index (κ3) is 4.61. The molecule has 2 N–H and O–H groups in total. The largest absolute Gasteiger partial charge is 0.473 e. The van der Waals surface area contributed by atoms with Crippen LogP contribution in [0.15, 0.2) is 22.9 Å². The van der Waals surface area contributed by atoms with Crippen LogP contribution in [0.5, 0.6) is 5.88 Å². The highest BCUT2D eigenvalue weighted by Gasteiger charge is 2.48. The van der Waals surface area contributed by atoms with Crippen LogP contribution in [0.25, 0.3) is 23.0 Å². The van der Waals surface area contributed by atoms with Gasteiger partial charge in [0.2, 0.25) is 17.5 Å². The Bertz CT molecular complexity index is 1720. The molecule has 0 unspecified atom stereocenters. The summed E-state index contributed by atoms with van der Waals surface area (Å²) in [6, 6.07) is 6.35. The second kappa shape index (κ2) is 10.7. The molecule has 2 aliphatic carbocycles. The van der Waals surface area contributed by atoms with Crippen LogP contribution in [0.4, 0.5) is 5.00 Å². The van der Waals surface area contributed by atoms with Crippen molar-refractivity contribution in [2.24, 2.45) is 7.05 Å². The van der Waals surface area contributed by atoms with E-state index < -0.39 is 0 Å². The average molecular weight is 601 g/mol. The molecule has 4 aromatic rings. The lowest BCUT2D eigenvalue weighted by Crippen LogP contribution is -2.38. The van der Waals surface area contributed by atoms with Crippen LogP contribution < -0.4 is 10.5 Å². The van der Waals surface area contributed by atoms with E-state index in [1.54, 1.807) is 23.1 Å². The third-order valence-electron chi connectivity index (χ3n) is 9.50. The highest BCUT2D eigenvalue weighted by Crippen LogP contribution is 2.54. The molecule has 0 aromatic carbocycles. The molecule has 0 radical (unpaired) electrons. The van der Waals surface area contributed by atoms with Gasteiger partial charge in [0, 0.05) is 54.9 Å². The maximum absolute atomic E-state index is 10.1. The van der Waals surface area contributed by atoms with E-state index in [1.807, 2.05) is 25.4 Å². The van der Waals surface area contributed by atoms with Crippen molar-refractivity contribution >= 4 is 16.3 Å². The monoisotopic (exact) mass is 600 g/mol. The van der Waals surface area contributed by atoms with E-state index in [4.69, 9.17) is 34.9 Å². The number of nitriles is 1. The number of hydrogen-bond donors (Lipinski definition) is 1. The predicted molar refractivity (Wildman–Crippen MR) is 162 cm³/mol. The maximum Gasteiger partial charge on any atom is 0.217 e. The first-order valence-electron chi connectivity index (χ1n) is 14.9. The van der Waals surface area contributed by atoms with Gasteiger partial charge in [-0.15, -0.1) is 11.3 Å². The molecule has 11 nitrogen and oxygen atoms in total. The lowest BCUT2D eigenvalue weighted by atomic mass is 9.62. The molecule has 4 atom stereocenters. The number of methoxy groups -OCH3 is 1. The van der Waals surface area contributed by atoms with Crippen LogP contribution in [0.3, 0.4) is 0 Å². The summed E-state index contributed by atoms with van der Waals surface area (Å²) >= 11 is 1.54. The lowest BCUT2D eigenvalue weighted by molar-refractivity contribution is 0.108. The molecule has 224 valence electrons. The van der Waals surface area contributed by atoms with Gasteiger partial charge < -0.3 is 19.7 Å². The Morgan fingerprint density at radius 1 is 1.21 bits per heavy atom. The number of aromatic nitrogens is 5. The Morgan fingerprint density at radius 3 is 2.74 bits per heavy atom. The quantitative estimate of drug-likeness (QED) is 0.336. The SMILES string of the molecule is CO[C@@H]1C[C@@H]([C@H](C)Oc2cc(-c3ccn(C)n3)nc(-c3onc4c3CCC[C@@]43CCCc4sc(N)c(C#N)c43)n2)N(C)C1. The normalized spacial score (nSPS) is 24.1. The summed E-state index contributed by atoms with van der Waals surface area (Å²) in [5.41, 5.74) is 10.9. The van der Waals surface area contributed by atoms with Crippen LogP contribution in [0.1, 0.15) is 66.3 Å². The van der Waals surface area contributed by atoms with Gasteiger partial charge in [0.1, 0.15) is 22.9 Å². The Labute approximate surface area is 254 Å². The number of fused-ring (bicyclic) bond motifs is 4. The smallest absolute Gasteiger partial charge is 0.217 e. The van der Waals surface area contributed by atoms with Crippen molar-refractivity contribution in [2.75, 3.05) is 26.4 Å². The van der Waals surface area contributed by atoms with Gasteiger partial charge in [0.25, 0.3) is 0 Å². The molecule has 5 heterocycles. The molecule has 4 aromatic heterocycles. The van der Waals surface area contributed by atoms with E-state index >= 15 is 0 Å². The number of aryl methyl sites for hydroxylation is 2. The van der Waals surface area contributed by atoms with E-state index in [0.717, 1.165) is 74.0 Å². The van der Waals surface area contributed by atoms with E-state index in [-0.39, 0.29) is 23.7 Å². The zero-order valence-electron chi connectivity index (χ0n) is 25.0. The number of nitrogens with zero attached hydrogens (tertiary/aromatic N) is 7. The van der Waals surface area contributed by atoms with Gasteiger partial charge in [0.15, 0.2) is 0 Å². The number of thiophene rings is 1. The molecule has 0 saturated carbocycles. The van der Waals surface area contributed by atoms with Crippen molar-refractivity contribution in [3.8, 4) is 34.9 Å². The van der Waals surface area contributed by atoms with Gasteiger partial charge in [-0.25, -0.2) is 4.98 Å². The molecular formula is C31H36N8O3S. The minimum Gasteiger partial charge on any atom is -0.473 e. The molecule has 3 aliphatic rings. The molecule has 1 spiro atoms. The number of ether oxygens (including phenoxy) is 2. The van der Waals surface area contributed by atoms with Crippen LogP contribution in [0, 0.1) is 11.3 Å². The number of nitrogen functional groups attached to an aromatic ring is 1. The summed E-state index contributed by atoms with van der Waals surface area (Å²) in [7, 11) is 5.73. The number of anilines is 1. The number of nitrogens with two attached hydrogens (primary N) is 1. The van der Waals surface area contributed by atoms with Crippen molar-refractivity contribution in [2.45, 2.75) is 75.5 Å². The Kier molecular flexibility index (Phi) is 6.99. The molecule has 7 rings (SSSR count). The fourth-order valence-electron chi connectivity index (χ4n) is 7.47. The number of hydrogen-bond acceptors (Lipinski definition) is 11. The molecule has 1 fully saturated rings. The van der Waals surface area contributed by atoms with Gasteiger partial charge in [0.05, 0.1) is 23.1 Å². The standard InChI is InChI=1S/C31H36N8O3S/c1-17(23-13-18(40-4)16-38(23)2)41-25-14-22(21-9-12-39(3)36-21)34-30(35-25)27-19-7-5-10-31(28(19)37-42-27)11-6-8-24-26(31)20(15-32)29(33)43-24/h9,12,14,17-18,23H,5-8,10-11,13,16,33H2,1-4H3/t17-,18+,23-,31-/m0/s1. The molecule has 1 saturated heterocycles. The zero-order chi connectivity index (χ0) is 29.9. The summed E-state index contributed by atoms with van der Waals surface area (Å²) in [5, 5.41) is 19.9. The van der Waals surface area contributed by atoms with Crippen LogP contribution in [-0.4, -0.2) is 68.8 Å². The summed E-state index contributed by atoms with van der Waals surface area (Å²) in [4.78, 5) is 13.3. The van der Waals surface area contributed by atoms with Crippen molar-refractivity contribution in [1.82, 2.24) is 29.8 Å². The number of likely N-dealkylation sites (N-methyl/N-ethyl adjacent to an activating group) is 1. The van der Waals surface area contributed by atoms with Gasteiger partial charge in [-0.1, -0.05) is 5.16 Å². The van der Waals surface area contributed by atoms with Crippen LogP contribution in [-0.2, 0) is 30.0 Å². The molecule has 0 amide bonds. The highest BCUT2D eigenvalue weighted by atomic mass is 32.1. The fourth-order valence-corrected chi connectivity index (χ4v) is 8.63. The first-order chi connectivity index (χ1) is 20.8. The molecule has 1 aliphatic heterocycles. The lowest BCUT2D eigenvalue weighted by Gasteiger charge is -2.39. The molecule has 12 heteroatoms. The maximum atomic E-state index is 10.1. The number of rotatable bonds is 6. The molecule has 0 bridgehead atoms. The minimum absolute atomic E-state index is 0.134. The Morgan fingerprint density at radius 2 is 2.02 bits per heavy atom. The summed E-state index contributed by atoms with van der Waals surface area (Å²) in [6.45, 7) is 2.93. The predicted octanol–water partition coefficient (Wildman–Crippen LogP) is 4.49. The van der Waals surface area contributed by atoms with Crippen molar-refractivity contribution in [3.63, 3.8) is 0 Å². The second-order valence-corrected chi connectivity index (χ2v) is 13.2. The number of likely N-dealkylation sites (tertiary alicyclic amines) is 1. The van der Waals surface area contributed by atoms with Crippen LogP contribution in [0.2, 0.25) is 0 Å². The van der Waals surface area contributed by atoms with E-state index in [9.17, 15) is 5.26 Å². The molecular weight excluding hydrogens is 564 g/mol. The summed E-state index contributed by atoms with van der Waals surface area (Å²) in [6.07, 6.45) is 8.31. The van der Waals surface area contributed by atoms with Crippen LogP contribution >= 0.6 is 11.3 Å². The van der Waals surface area contributed by atoms with E-state index in [1.165, 1.54) is 4.88 Å². The average Bonchev–Trinajstić information content (AvgIpc) is 3.78. The van der Waals surface area contributed by atoms with Crippen molar-refractivity contribution in [1.29, 1.82) is 5.26 Å². The molecule has 43 heavy (non-hydrogen) atoms. The third-order valence-corrected chi connectivity index (χ3v) is 10.6. The van der Waals surface area contributed by atoms with Gasteiger partial charge >= 0.3 is 0 Å². The second-order valence-electron chi connectivity index (χ2n) is 12.1. The Hall–Kier alpha value is -3.79.